The monoisotopic (exact) mass is 254 g/mol. The van der Waals surface area contributed by atoms with Crippen molar-refractivity contribution in [1.82, 2.24) is 0 Å². The molecule has 0 unspecified atom stereocenters. The van der Waals surface area contributed by atoms with E-state index in [1.807, 2.05) is 12.3 Å². The van der Waals surface area contributed by atoms with Gasteiger partial charge in [-0.2, -0.15) is 0 Å². The highest BCUT2D eigenvalue weighted by Gasteiger charge is 2.38. The van der Waals surface area contributed by atoms with Crippen molar-refractivity contribution in [2.24, 2.45) is 0 Å². The van der Waals surface area contributed by atoms with Gasteiger partial charge in [0.25, 0.3) is 0 Å². The lowest BCUT2D eigenvalue weighted by Crippen LogP contribution is -2.44. The van der Waals surface area contributed by atoms with Crippen LogP contribution in [0.3, 0.4) is 0 Å². The van der Waals surface area contributed by atoms with Gasteiger partial charge in [-0.3, -0.25) is 0 Å². The standard InChI is InChI=1S/C13H18O3S/c1-13(7-16-8-13)9-5-11(15-3)12(17-4)6-10(9)14-2/h5-6H,7-8H2,1-4H3. The van der Waals surface area contributed by atoms with Gasteiger partial charge < -0.3 is 14.2 Å². The maximum atomic E-state index is 5.48. The molecule has 0 spiro atoms. The third-order valence-electron chi connectivity index (χ3n) is 3.20. The first-order chi connectivity index (χ1) is 8.14. The van der Waals surface area contributed by atoms with Crippen molar-refractivity contribution in [3.05, 3.63) is 17.7 Å². The normalized spacial score (nSPS) is 17.4. The quantitative estimate of drug-likeness (QED) is 0.772. The zero-order valence-electron chi connectivity index (χ0n) is 10.7. The van der Waals surface area contributed by atoms with Gasteiger partial charge in [0.1, 0.15) is 11.5 Å². The maximum Gasteiger partial charge on any atom is 0.132 e. The molecule has 1 aromatic carbocycles. The number of ether oxygens (including phenoxy) is 3. The fourth-order valence-corrected chi connectivity index (χ4v) is 2.63. The minimum absolute atomic E-state index is 0.0512. The number of benzene rings is 1. The van der Waals surface area contributed by atoms with Gasteiger partial charge in [-0.25, -0.2) is 0 Å². The summed E-state index contributed by atoms with van der Waals surface area (Å²) in [6, 6.07) is 4.12. The Morgan fingerprint density at radius 2 is 1.82 bits per heavy atom. The van der Waals surface area contributed by atoms with Crippen LogP contribution in [0.2, 0.25) is 0 Å². The first kappa shape index (κ1) is 12.6. The van der Waals surface area contributed by atoms with Gasteiger partial charge in [-0.05, 0) is 18.4 Å². The molecule has 0 aliphatic carbocycles. The average molecular weight is 254 g/mol. The molecule has 0 atom stereocenters. The Morgan fingerprint density at radius 1 is 1.18 bits per heavy atom. The van der Waals surface area contributed by atoms with Crippen LogP contribution in [0.25, 0.3) is 0 Å². The van der Waals surface area contributed by atoms with E-state index in [4.69, 9.17) is 14.2 Å². The third kappa shape index (κ3) is 2.11. The van der Waals surface area contributed by atoms with E-state index in [0.29, 0.717) is 0 Å². The minimum atomic E-state index is 0.0512. The molecule has 1 aliphatic rings. The summed E-state index contributed by atoms with van der Waals surface area (Å²) < 4.78 is 16.2. The van der Waals surface area contributed by atoms with Crippen LogP contribution >= 0.6 is 11.8 Å². The van der Waals surface area contributed by atoms with E-state index in [1.54, 1.807) is 26.0 Å². The van der Waals surface area contributed by atoms with E-state index in [9.17, 15) is 0 Å². The molecule has 1 saturated heterocycles. The van der Waals surface area contributed by atoms with Crippen LogP contribution < -0.4 is 9.47 Å². The molecule has 1 heterocycles. The molecule has 0 bridgehead atoms. The van der Waals surface area contributed by atoms with E-state index in [2.05, 4.69) is 13.0 Å². The van der Waals surface area contributed by atoms with Gasteiger partial charge in [-0.1, -0.05) is 6.92 Å². The molecule has 0 radical (unpaired) electrons. The van der Waals surface area contributed by atoms with Gasteiger partial charge in [0.2, 0.25) is 0 Å². The second-order valence-corrected chi connectivity index (χ2v) is 5.31. The van der Waals surface area contributed by atoms with Crippen LogP contribution in [0.5, 0.6) is 11.5 Å². The van der Waals surface area contributed by atoms with Crippen molar-refractivity contribution in [3.8, 4) is 11.5 Å². The molecule has 1 fully saturated rings. The average Bonchev–Trinajstić information content (AvgIpc) is 2.34. The lowest BCUT2D eigenvalue weighted by atomic mass is 9.80. The van der Waals surface area contributed by atoms with E-state index < -0.39 is 0 Å². The van der Waals surface area contributed by atoms with E-state index in [0.717, 1.165) is 29.6 Å². The molecule has 0 N–H and O–H groups in total. The highest BCUT2D eigenvalue weighted by atomic mass is 32.2. The Bertz CT molecular complexity index is 413. The van der Waals surface area contributed by atoms with Crippen LogP contribution in [0, 0.1) is 0 Å². The first-order valence-corrected chi connectivity index (χ1v) is 6.75. The summed E-state index contributed by atoms with van der Waals surface area (Å²) >= 11 is 1.66. The van der Waals surface area contributed by atoms with Crippen molar-refractivity contribution >= 4 is 11.8 Å². The van der Waals surface area contributed by atoms with Gasteiger partial charge in [0.15, 0.2) is 0 Å². The van der Waals surface area contributed by atoms with Crippen molar-refractivity contribution in [1.29, 1.82) is 0 Å². The summed E-state index contributed by atoms with van der Waals surface area (Å²) in [5, 5.41) is 0. The Morgan fingerprint density at radius 3 is 2.24 bits per heavy atom. The molecular formula is C13H18O3S. The molecule has 1 aromatic rings. The van der Waals surface area contributed by atoms with E-state index in [1.165, 1.54) is 5.56 Å². The molecule has 0 amide bonds. The van der Waals surface area contributed by atoms with Crippen LogP contribution in [-0.4, -0.2) is 33.7 Å². The van der Waals surface area contributed by atoms with Crippen LogP contribution in [-0.2, 0) is 10.2 Å². The maximum absolute atomic E-state index is 5.48. The lowest BCUT2D eigenvalue weighted by Gasteiger charge is -2.39. The van der Waals surface area contributed by atoms with Crippen LogP contribution in [0.4, 0.5) is 0 Å². The molecule has 94 valence electrons. The molecule has 3 nitrogen and oxygen atoms in total. The first-order valence-electron chi connectivity index (χ1n) is 5.53. The van der Waals surface area contributed by atoms with Gasteiger partial charge >= 0.3 is 0 Å². The molecule has 0 saturated carbocycles. The summed E-state index contributed by atoms with van der Waals surface area (Å²) in [5.41, 5.74) is 1.22. The third-order valence-corrected chi connectivity index (χ3v) is 3.96. The van der Waals surface area contributed by atoms with E-state index >= 15 is 0 Å². The van der Waals surface area contributed by atoms with Crippen LogP contribution in [0.15, 0.2) is 17.0 Å². The second-order valence-electron chi connectivity index (χ2n) is 4.46. The van der Waals surface area contributed by atoms with Gasteiger partial charge in [-0.15, -0.1) is 11.8 Å². The molecule has 17 heavy (non-hydrogen) atoms. The number of rotatable bonds is 4. The van der Waals surface area contributed by atoms with Gasteiger partial charge in [0, 0.05) is 11.0 Å². The van der Waals surface area contributed by atoms with Crippen molar-refractivity contribution in [2.75, 3.05) is 33.7 Å². The molecule has 0 aromatic heterocycles. The molecule has 4 heteroatoms. The smallest absolute Gasteiger partial charge is 0.132 e. The molecule has 1 aliphatic heterocycles. The van der Waals surface area contributed by atoms with Crippen LogP contribution in [0.1, 0.15) is 12.5 Å². The van der Waals surface area contributed by atoms with Gasteiger partial charge in [0.05, 0.1) is 32.3 Å². The minimum Gasteiger partial charge on any atom is -0.496 e. The van der Waals surface area contributed by atoms with Crippen molar-refractivity contribution < 1.29 is 14.2 Å². The summed E-state index contributed by atoms with van der Waals surface area (Å²) in [4.78, 5) is 1.09. The Labute approximate surface area is 106 Å². The SMILES string of the molecule is COc1cc(C2(C)COC2)c(OC)cc1SC. The Kier molecular flexibility index (Phi) is 3.54. The van der Waals surface area contributed by atoms with Crippen molar-refractivity contribution in [3.63, 3.8) is 0 Å². The summed E-state index contributed by atoms with van der Waals surface area (Å²) in [6.07, 6.45) is 2.03. The highest BCUT2D eigenvalue weighted by Crippen LogP contribution is 2.42. The summed E-state index contributed by atoms with van der Waals surface area (Å²) in [7, 11) is 3.41. The predicted octanol–water partition coefficient (Wildman–Crippen LogP) is 2.71. The second kappa shape index (κ2) is 4.78. The molecule has 2 rings (SSSR count). The zero-order valence-corrected chi connectivity index (χ0v) is 11.5. The zero-order chi connectivity index (χ0) is 12.5. The largest absolute Gasteiger partial charge is 0.496 e. The number of hydrogen-bond donors (Lipinski definition) is 0. The molecular weight excluding hydrogens is 236 g/mol. The summed E-state index contributed by atoms with van der Waals surface area (Å²) in [5.74, 6) is 1.82. The lowest BCUT2D eigenvalue weighted by molar-refractivity contribution is -0.0510. The highest BCUT2D eigenvalue weighted by molar-refractivity contribution is 7.98. The Hall–Kier alpha value is -0.870. The van der Waals surface area contributed by atoms with Crippen molar-refractivity contribution in [2.45, 2.75) is 17.2 Å². The fraction of sp³-hybridized carbons (Fsp3) is 0.538. The number of thioether (sulfide) groups is 1. The topological polar surface area (TPSA) is 27.7 Å². The predicted molar refractivity (Wildman–Crippen MR) is 69.5 cm³/mol. The summed E-state index contributed by atoms with van der Waals surface area (Å²) in [6.45, 7) is 3.67. The Balaban J connectivity index is 2.49. The fourth-order valence-electron chi connectivity index (χ4n) is 2.06. The van der Waals surface area contributed by atoms with E-state index in [-0.39, 0.29) is 5.41 Å². The number of hydrogen-bond acceptors (Lipinski definition) is 4. The number of methoxy groups -OCH3 is 2.